The second-order valence-corrected chi connectivity index (χ2v) is 7.38. The third kappa shape index (κ3) is 5.38. The fourth-order valence-corrected chi connectivity index (χ4v) is 3.15. The highest BCUT2D eigenvalue weighted by atomic mass is 16.6. The number of epoxide rings is 2. The summed E-state index contributed by atoms with van der Waals surface area (Å²) in [4.78, 5) is 0. The Labute approximate surface area is 187 Å². The molecular formula is C24H28O8. The van der Waals surface area contributed by atoms with Gasteiger partial charge >= 0.3 is 0 Å². The van der Waals surface area contributed by atoms with Crippen molar-refractivity contribution in [3.8, 4) is 34.5 Å². The van der Waals surface area contributed by atoms with Gasteiger partial charge in [0.1, 0.15) is 25.4 Å². The Morgan fingerprint density at radius 1 is 0.656 bits per heavy atom. The predicted octanol–water partition coefficient (Wildman–Crippen LogP) is 3.45. The molecule has 0 aromatic heterocycles. The second-order valence-electron chi connectivity index (χ2n) is 7.38. The number of hydrogen-bond acceptors (Lipinski definition) is 8. The molecule has 0 amide bonds. The van der Waals surface area contributed by atoms with Crippen LogP contribution in [0, 0.1) is 0 Å². The molecule has 2 saturated heterocycles. The number of benzene rings is 2. The molecule has 2 atom stereocenters. The van der Waals surface area contributed by atoms with E-state index in [9.17, 15) is 0 Å². The number of methoxy groups -OCH3 is 4. The largest absolute Gasteiger partial charge is 0.493 e. The normalized spacial score (nSPS) is 18.9. The summed E-state index contributed by atoms with van der Waals surface area (Å²) < 4.78 is 44.2. The first-order valence-electron chi connectivity index (χ1n) is 10.3. The van der Waals surface area contributed by atoms with Crippen LogP contribution in [0.3, 0.4) is 0 Å². The topological polar surface area (TPSA) is 80.4 Å². The van der Waals surface area contributed by atoms with Crippen LogP contribution >= 0.6 is 0 Å². The van der Waals surface area contributed by atoms with E-state index in [2.05, 4.69) is 0 Å². The summed E-state index contributed by atoms with van der Waals surface area (Å²) in [6.45, 7) is 2.36. The Balaban J connectivity index is 1.57. The highest BCUT2D eigenvalue weighted by molar-refractivity contribution is 5.75. The summed E-state index contributed by atoms with van der Waals surface area (Å²) in [5.41, 5.74) is 1.77. The summed E-state index contributed by atoms with van der Waals surface area (Å²) in [5, 5.41) is 0. The van der Waals surface area contributed by atoms with Gasteiger partial charge in [0.25, 0.3) is 0 Å². The molecule has 0 saturated carbocycles. The Kier molecular flexibility index (Phi) is 6.92. The summed E-state index contributed by atoms with van der Waals surface area (Å²) in [6, 6.07) is 7.57. The van der Waals surface area contributed by atoms with Crippen molar-refractivity contribution in [1.82, 2.24) is 0 Å². The molecular weight excluding hydrogens is 416 g/mol. The smallest absolute Gasteiger partial charge is 0.203 e. The highest BCUT2D eigenvalue weighted by Gasteiger charge is 2.26. The van der Waals surface area contributed by atoms with Crippen LogP contribution in [0.5, 0.6) is 34.5 Å². The summed E-state index contributed by atoms with van der Waals surface area (Å²) in [6.07, 6.45) is 4.17. The second kappa shape index (κ2) is 10.0. The Morgan fingerprint density at radius 2 is 0.969 bits per heavy atom. The standard InChI is InChI=1S/C24H28O8/c1-25-19-7-15(8-20(26-2)23(19)31-13-17-11-29-17)5-6-16-9-21(27-3)24(22(10-16)28-4)32-14-18-12-30-18/h5-10,17-18H,11-14H2,1-4H3/b6-5+. The van der Waals surface area contributed by atoms with Crippen molar-refractivity contribution in [2.75, 3.05) is 54.9 Å². The molecule has 0 aliphatic carbocycles. The van der Waals surface area contributed by atoms with Gasteiger partial charge in [-0.25, -0.2) is 0 Å². The van der Waals surface area contributed by atoms with Crippen molar-refractivity contribution in [3.05, 3.63) is 35.4 Å². The van der Waals surface area contributed by atoms with Crippen LogP contribution in [0.4, 0.5) is 0 Å². The molecule has 2 heterocycles. The summed E-state index contributed by atoms with van der Waals surface area (Å²) in [7, 11) is 6.40. The fourth-order valence-electron chi connectivity index (χ4n) is 3.15. The van der Waals surface area contributed by atoms with Crippen molar-refractivity contribution >= 4 is 12.2 Å². The molecule has 2 aliphatic heterocycles. The van der Waals surface area contributed by atoms with Crippen LogP contribution in [0.1, 0.15) is 11.1 Å². The van der Waals surface area contributed by atoms with Gasteiger partial charge in [-0.2, -0.15) is 0 Å². The van der Waals surface area contributed by atoms with Gasteiger partial charge < -0.3 is 37.9 Å². The fraction of sp³-hybridized carbons (Fsp3) is 0.417. The zero-order chi connectivity index (χ0) is 22.5. The SMILES string of the molecule is COc1cc(/C=C/c2cc(OC)c(OCC3CO3)c(OC)c2)cc(OC)c1OCC1CO1. The van der Waals surface area contributed by atoms with E-state index < -0.39 is 0 Å². The molecule has 0 N–H and O–H groups in total. The molecule has 0 radical (unpaired) electrons. The monoisotopic (exact) mass is 444 g/mol. The van der Waals surface area contributed by atoms with E-state index in [4.69, 9.17) is 37.9 Å². The van der Waals surface area contributed by atoms with Crippen LogP contribution in [0.25, 0.3) is 12.2 Å². The Bertz CT molecular complexity index is 835. The Hall–Kier alpha value is -3.10. The van der Waals surface area contributed by atoms with Gasteiger partial charge in [-0.05, 0) is 35.4 Å². The molecule has 0 bridgehead atoms. The number of rotatable bonds is 12. The van der Waals surface area contributed by atoms with Crippen LogP contribution in [-0.2, 0) is 9.47 Å². The van der Waals surface area contributed by atoms with Gasteiger partial charge in [0, 0.05) is 0 Å². The van der Waals surface area contributed by atoms with Crippen molar-refractivity contribution in [1.29, 1.82) is 0 Å². The minimum atomic E-state index is 0.137. The lowest BCUT2D eigenvalue weighted by atomic mass is 10.1. The first-order chi connectivity index (χ1) is 15.6. The van der Waals surface area contributed by atoms with Gasteiger partial charge in [0.15, 0.2) is 23.0 Å². The minimum absolute atomic E-state index is 0.137. The van der Waals surface area contributed by atoms with Gasteiger partial charge in [-0.3, -0.25) is 0 Å². The van der Waals surface area contributed by atoms with Gasteiger partial charge in [-0.15, -0.1) is 0 Å². The maximum atomic E-state index is 5.85. The summed E-state index contributed by atoms with van der Waals surface area (Å²) in [5.74, 6) is 3.48. The number of ether oxygens (including phenoxy) is 8. The molecule has 8 heteroatoms. The molecule has 8 nitrogen and oxygen atoms in total. The molecule has 2 fully saturated rings. The predicted molar refractivity (Wildman–Crippen MR) is 118 cm³/mol. The molecule has 172 valence electrons. The Morgan fingerprint density at radius 3 is 1.22 bits per heavy atom. The van der Waals surface area contributed by atoms with Crippen LogP contribution < -0.4 is 28.4 Å². The molecule has 0 spiro atoms. The van der Waals surface area contributed by atoms with E-state index in [0.29, 0.717) is 47.7 Å². The lowest BCUT2D eigenvalue weighted by Crippen LogP contribution is -2.06. The molecule has 2 aromatic rings. The van der Waals surface area contributed by atoms with Crippen molar-refractivity contribution < 1.29 is 37.9 Å². The maximum Gasteiger partial charge on any atom is 0.203 e. The van der Waals surface area contributed by atoms with Gasteiger partial charge in [0.05, 0.1) is 41.7 Å². The average molecular weight is 444 g/mol. The quantitative estimate of drug-likeness (QED) is 0.364. The summed E-state index contributed by atoms with van der Waals surface area (Å²) >= 11 is 0. The van der Waals surface area contributed by atoms with Crippen LogP contribution in [-0.4, -0.2) is 67.1 Å². The van der Waals surface area contributed by atoms with E-state index in [1.807, 2.05) is 36.4 Å². The van der Waals surface area contributed by atoms with E-state index in [1.165, 1.54) is 0 Å². The molecule has 4 rings (SSSR count). The van der Waals surface area contributed by atoms with Crippen LogP contribution in [0.2, 0.25) is 0 Å². The minimum Gasteiger partial charge on any atom is -0.493 e. The van der Waals surface area contributed by atoms with E-state index in [1.54, 1.807) is 28.4 Å². The molecule has 32 heavy (non-hydrogen) atoms. The van der Waals surface area contributed by atoms with Crippen LogP contribution in [0.15, 0.2) is 24.3 Å². The maximum absolute atomic E-state index is 5.85. The molecule has 2 unspecified atom stereocenters. The zero-order valence-corrected chi connectivity index (χ0v) is 18.7. The van der Waals surface area contributed by atoms with Crippen molar-refractivity contribution in [3.63, 3.8) is 0 Å². The average Bonchev–Trinajstić information content (AvgIpc) is 3.74. The lowest BCUT2D eigenvalue weighted by molar-refractivity contribution is 0.240. The zero-order valence-electron chi connectivity index (χ0n) is 18.7. The lowest BCUT2D eigenvalue weighted by Gasteiger charge is -2.15. The molecule has 2 aliphatic rings. The van der Waals surface area contributed by atoms with Crippen molar-refractivity contribution in [2.45, 2.75) is 12.2 Å². The van der Waals surface area contributed by atoms with Gasteiger partial charge in [-0.1, -0.05) is 12.2 Å². The highest BCUT2D eigenvalue weighted by Crippen LogP contribution is 2.41. The number of hydrogen-bond donors (Lipinski definition) is 0. The third-order valence-corrected chi connectivity index (χ3v) is 5.07. The first-order valence-corrected chi connectivity index (χ1v) is 10.3. The van der Waals surface area contributed by atoms with E-state index in [-0.39, 0.29) is 12.2 Å². The van der Waals surface area contributed by atoms with Gasteiger partial charge in [0.2, 0.25) is 11.5 Å². The third-order valence-electron chi connectivity index (χ3n) is 5.07. The van der Waals surface area contributed by atoms with E-state index in [0.717, 1.165) is 24.3 Å². The first kappa shape index (κ1) is 22.1. The molecule has 2 aromatic carbocycles. The van der Waals surface area contributed by atoms with E-state index >= 15 is 0 Å². The van der Waals surface area contributed by atoms with Crippen molar-refractivity contribution in [2.24, 2.45) is 0 Å².